The minimum absolute atomic E-state index is 0.00312. The SMILES string of the molecule is CC(=O)Nc1cc(C(=O)NC2(CN)CCCC2)ccc1F. The first-order chi connectivity index (χ1) is 9.96. The van der Waals surface area contributed by atoms with Crippen LogP contribution >= 0.6 is 0 Å². The van der Waals surface area contributed by atoms with Gasteiger partial charge in [0.25, 0.3) is 5.91 Å². The molecule has 0 aliphatic heterocycles. The summed E-state index contributed by atoms with van der Waals surface area (Å²) in [5.41, 5.74) is 5.73. The number of amides is 2. The maximum atomic E-state index is 13.6. The lowest BCUT2D eigenvalue weighted by Gasteiger charge is -2.28. The molecule has 2 rings (SSSR count). The number of anilines is 1. The molecular formula is C15H20FN3O2. The van der Waals surface area contributed by atoms with E-state index < -0.39 is 5.82 Å². The van der Waals surface area contributed by atoms with E-state index in [2.05, 4.69) is 10.6 Å². The van der Waals surface area contributed by atoms with Crippen molar-refractivity contribution in [2.75, 3.05) is 11.9 Å². The fraction of sp³-hybridized carbons (Fsp3) is 0.467. The lowest BCUT2D eigenvalue weighted by Crippen LogP contribution is -2.51. The van der Waals surface area contributed by atoms with E-state index in [0.29, 0.717) is 12.1 Å². The van der Waals surface area contributed by atoms with Crippen molar-refractivity contribution < 1.29 is 14.0 Å². The maximum absolute atomic E-state index is 13.6. The summed E-state index contributed by atoms with van der Waals surface area (Å²) in [5, 5.41) is 5.33. The summed E-state index contributed by atoms with van der Waals surface area (Å²) in [6.45, 7) is 1.67. The van der Waals surface area contributed by atoms with Crippen molar-refractivity contribution in [3.05, 3.63) is 29.6 Å². The van der Waals surface area contributed by atoms with Gasteiger partial charge in [0, 0.05) is 19.0 Å². The number of carbonyl (C=O) groups excluding carboxylic acids is 2. The first-order valence-electron chi connectivity index (χ1n) is 7.05. The second-order valence-electron chi connectivity index (χ2n) is 5.52. The molecular weight excluding hydrogens is 273 g/mol. The fourth-order valence-corrected chi connectivity index (χ4v) is 2.70. The van der Waals surface area contributed by atoms with Gasteiger partial charge in [-0.25, -0.2) is 4.39 Å². The molecule has 0 spiro atoms. The van der Waals surface area contributed by atoms with Crippen LogP contribution in [0.4, 0.5) is 10.1 Å². The van der Waals surface area contributed by atoms with Gasteiger partial charge in [-0.1, -0.05) is 12.8 Å². The normalized spacial score (nSPS) is 16.5. The highest BCUT2D eigenvalue weighted by molar-refractivity contribution is 5.97. The molecule has 1 fully saturated rings. The smallest absolute Gasteiger partial charge is 0.251 e. The molecule has 0 unspecified atom stereocenters. The minimum Gasteiger partial charge on any atom is -0.345 e. The Hall–Kier alpha value is -1.95. The second-order valence-corrected chi connectivity index (χ2v) is 5.52. The van der Waals surface area contributed by atoms with Crippen LogP contribution in [0.3, 0.4) is 0 Å². The van der Waals surface area contributed by atoms with Gasteiger partial charge in [-0.2, -0.15) is 0 Å². The number of rotatable bonds is 4. The third-order valence-corrected chi connectivity index (χ3v) is 3.87. The molecule has 1 aliphatic rings. The number of benzene rings is 1. The van der Waals surface area contributed by atoms with E-state index in [1.807, 2.05) is 0 Å². The predicted molar refractivity (Wildman–Crippen MR) is 78.4 cm³/mol. The maximum Gasteiger partial charge on any atom is 0.251 e. The van der Waals surface area contributed by atoms with Crippen LogP contribution in [0.1, 0.15) is 43.0 Å². The molecule has 0 bridgehead atoms. The highest BCUT2D eigenvalue weighted by Crippen LogP contribution is 2.29. The summed E-state index contributed by atoms with van der Waals surface area (Å²) in [6, 6.07) is 3.91. The Kier molecular flexibility index (Phi) is 4.57. The highest BCUT2D eigenvalue weighted by atomic mass is 19.1. The number of hydrogen-bond donors (Lipinski definition) is 3. The number of hydrogen-bond acceptors (Lipinski definition) is 3. The van der Waals surface area contributed by atoms with Gasteiger partial charge in [0.1, 0.15) is 5.82 Å². The van der Waals surface area contributed by atoms with E-state index in [9.17, 15) is 14.0 Å². The van der Waals surface area contributed by atoms with Crippen molar-refractivity contribution in [1.29, 1.82) is 0 Å². The summed E-state index contributed by atoms with van der Waals surface area (Å²) in [4.78, 5) is 23.3. The topological polar surface area (TPSA) is 84.2 Å². The van der Waals surface area contributed by atoms with Crippen molar-refractivity contribution in [3.8, 4) is 0 Å². The van der Waals surface area contributed by atoms with Gasteiger partial charge >= 0.3 is 0 Å². The Bertz CT molecular complexity index is 554. The van der Waals surface area contributed by atoms with E-state index in [1.165, 1.54) is 25.1 Å². The number of halogens is 1. The van der Waals surface area contributed by atoms with E-state index in [0.717, 1.165) is 25.7 Å². The summed E-state index contributed by atoms with van der Waals surface area (Å²) < 4.78 is 13.6. The van der Waals surface area contributed by atoms with Gasteiger partial charge in [0.2, 0.25) is 5.91 Å². The number of carbonyl (C=O) groups is 2. The molecule has 0 atom stereocenters. The summed E-state index contributed by atoms with van der Waals surface area (Å²) in [5.74, 6) is -1.26. The molecule has 2 amide bonds. The van der Waals surface area contributed by atoms with Gasteiger partial charge in [-0.3, -0.25) is 9.59 Å². The molecule has 5 nitrogen and oxygen atoms in total. The first kappa shape index (κ1) is 15.4. The Balaban J connectivity index is 2.17. The van der Waals surface area contributed by atoms with Crippen molar-refractivity contribution in [1.82, 2.24) is 5.32 Å². The second kappa shape index (κ2) is 6.22. The molecule has 1 aromatic rings. The molecule has 0 radical (unpaired) electrons. The van der Waals surface area contributed by atoms with Gasteiger partial charge in [0.15, 0.2) is 0 Å². The van der Waals surface area contributed by atoms with E-state index in [1.54, 1.807) is 0 Å². The zero-order chi connectivity index (χ0) is 15.5. The van der Waals surface area contributed by atoms with Gasteiger partial charge < -0.3 is 16.4 Å². The molecule has 6 heteroatoms. The lowest BCUT2D eigenvalue weighted by molar-refractivity contribution is -0.114. The first-order valence-corrected chi connectivity index (χ1v) is 7.05. The van der Waals surface area contributed by atoms with E-state index in [-0.39, 0.29) is 23.0 Å². The Labute approximate surface area is 123 Å². The molecule has 1 saturated carbocycles. The standard InChI is InChI=1S/C15H20FN3O2/c1-10(20)18-13-8-11(4-5-12(13)16)14(21)19-15(9-17)6-2-3-7-15/h4-5,8H,2-3,6-7,9,17H2,1H3,(H,18,20)(H,19,21). The van der Waals surface area contributed by atoms with Crippen molar-refractivity contribution in [2.24, 2.45) is 5.73 Å². The summed E-state index contributed by atoms with van der Waals surface area (Å²) in [7, 11) is 0. The minimum atomic E-state index is -0.573. The summed E-state index contributed by atoms with van der Waals surface area (Å²) >= 11 is 0. The number of nitrogens with one attached hydrogen (secondary N) is 2. The fourth-order valence-electron chi connectivity index (χ4n) is 2.70. The lowest BCUT2D eigenvalue weighted by atomic mass is 9.97. The van der Waals surface area contributed by atoms with Crippen molar-refractivity contribution in [2.45, 2.75) is 38.1 Å². The van der Waals surface area contributed by atoms with Crippen LogP contribution in [-0.2, 0) is 4.79 Å². The van der Waals surface area contributed by atoms with Crippen LogP contribution in [-0.4, -0.2) is 23.9 Å². The van der Waals surface area contributed by atoms with Crippen LogP contribution < -0.4 is 16.4 Å². The molecule has 0 aromatic heterocycles. The van der Waals surface area contributed by atoms with E-state index in [4.69, 9.17) is 5.73 Å². The molecule has 0 saturated heterocycles. The van der Waals surface area contributed by atoms with Crippen LogP contribution in [0, 0.1) is 5.82 Å². The molecule has 21 heavy (non-hydrogen) atoms. The predicted octanol–water partition coefficient (Wildman–Crippen LogP) is 1.79. The van der Waals surface area contributed by atoms with Crippen molar-refractivity contribution >= 4 is 17.5 Å². The Morgan fingerprint density at radius 3 is 2.57 bits per heavy atom. The third kappa shape index (κ3) is 3.58. The molecule has 4 N–H and O–H groups in total. The number of nitrogens with two attached hydrogens (primary N) is 1. The average Bonchev–Trinajstić information content (AvgIpc) is 2.90. The van der Waals surface area contributed by atoms with Crippen LogP contribution in [0.2, 0.25) is 0 Å². The Morgan fingerprint density at radius 2 is 2.00 bits per heavy atom. The Morgan fingerprint density at radius 1 is 1.33 bits per heavy atom. The molecule has 1 aliphatic carbocycles. The summed E-state index contributed by atoms with van der Waals surface area (Å²) in [6.07, 6.45) is 3.79. The van der Waals surface area contributed by atoms with E-state index >= 15 is 0 Å². The molecule has 1 aromatic carbocycles. The van der Waals surface area contributed by atoms with Crippen LogP contribution in [0.5, 0.6) is 0 Å². The monoisotopic (exact) mass is 293 g/mol. The average molecular weight is 293 g/mol. The van der Waals surface area contributed by atoms with Gasteiger partial charge in [0.05, 0.1) is 11.2 Å². The van der Waals surface area contributed by atoms with Gasteiger partial charge in [-0.05, 0) is 31.0 Å². The quantitative estimate of drug-likeness (QED) is 0.791. The third-order valence-electron chi connectivity index (χ3n) is 3.87. The van der Waals surface area contributed by atoms with Gasteiger partial charge in [-0.15, -0.1) is 0 Å². The van der Waals surface area contributed by atoms with Crippen molar-refractivity contribution in [3.63, 3.8) is 0 Å². The van der Waals surface area contributed by atoms with Crippen LogP contribution in [0.25, 0.3) is 0 Å². The highest BCUT2D eigenvalue weighted by Gasteiger charge is 2.34. The van der Waals surface area contributed by atoms with Crippen LogP contribution in [0.15, 0.2) is 18.2 Å². The molecule has 0 heterocycles. The zero-order valence-electron chi connectivity index (χ0n) is 12.0. The largest absolute Gasteiger partial charge is 0.345 e. The molecule has 114 valence electrons. The zero-order valence-corrected chi connectivity index (χ0v) is 12.0.